The average Bonchev–Trinajstić information content (AvgIpc) is 1.41. The van der Waals surface area contributed by atoms with E-state index < -0.39 is 51.7 Å². The van der Waals surface area contributed by atoms with Crippen molar-refractivity contribution in [3.05, 3.63) is 163 Å². The number of esters is 1. The molecule has 0 spiro atoms. The van der Waals surface area contributed by atoms with Gasteiger partial charge < -0.3 is 41.6 Å². The smallest absolute Gasteiger partial charge is 0.467 e. The summed E-state index contributed by atoms with van der Waals surface area (Å²) < 4.78 is 54.2. The van der Waals surface area contributed by atoms with Gasteiger partial charge in [0.2, 0.25) is 25.0 Å². The molecule has 106 heavy (non-hydrogen) atoms. The first kappa shape index (κ1) is 86.1. The van der Waals surface area contributed by atoms with Gasteiger partial charge >= 0.3 is 27.3 Å². The molecule has 1 unspecified atom stereocenters. The number of ether oxygens (including phenoxy) is 2. The molecule has 10 nitrogen and oxygen atoms in total. The lowest BCUT2D eigenvalue weighted by molar-refractivity contribution is 0.0600. The number of phenols is 1. The van der Waals surface area contributed by atoms with E-state index in [0.29, 0.717) is 24.3 Å². The summed E-state index contributed by atoms with van der Waals surface area (Å²) in [6.07, 6.45) is 3.01. The Morgan fingerprint density at radius 3 is 1.01 bits per heavy atom. The van der Waals surface area contributed by atoms with Crippen LogP contribution in [0.15, 0.2) is 84.9 Å². The Labute approximate surface area is 647 Å². The van der Waals surface area contributed by atoms with Crippen LogP contribution in [-0.2, 0) is 84.4 Å². The van der Waals surface area contributed by atoms with Crippen LogP contribution in [0.2, 0.25) is 58.9 Å². The van der Waals surface area contributed by atoms with Gasteiger partial charge in [-0.05, 0) is 228 Å². The van der Waals surface area contributed by atoms with Gasteiger partial charge in [-0.2, -0.15) is 0 Å². The van der Waals surface area contributed by atoms with Gasteiger partial charge in [0.05, 0.1) is 18.1 Å². The van der Waals surface area contributed by atoms with Crippen molar-refractivity contribution in [2.75, 3.05) is 13.7 Å². The summed E-state index contributed by atoms with van der Waals surface area (Å²) in [6, 6.07) is 30.9. The average molecular weight is 1500 g/mol. The molecule has 0 bridgehead atoms. The van der Waals surface area contributed by atoms with Gasteiger partial charge in [0.25, 0.3) is 0 Å². The highest BCUT2D eigenvalue weighted by Crippen LogP contribution is 2.53. The zero-order chi connectivity index (χ0) is 80.4. The van der Waals surface area contributed by atoms with Gasteiger partial charge in [-0.3, -0.25) is 0 Å². The van der Waals surface area contributed by atoms with Crippen LogP contribution >= 0.6 is 0 Å². The second-order valence-electron chi connectivity index (χ2n) is 43.7. The van der Waals surface area contributed by atoms with E-state index in [4.69, 9.17) is 36.5 Å². The van der Waals surface area contributed by atoms with Crippen molar-refractivity contribution in [1.29, 1.82) is 0 Å². The van der Waals surface area contributed by atoms with Gasteiger partial charge in [-0.1, -0.05) is 267 Å². The Balaban J connectivity index is 0.000000286. The molecular formula is C90H137B3O10Si3. The van der Waals surface area contributed by atoms with E-state index >= 15 is 0 Å². The quantitative estimate of drug-likeness (QED) is 0.0886. The maximum absolute atomic E-state index is 12.4. The van der Waals surface area contributed by atoms with Gasteiger partial charge in [0.15, 0.2) is 0 Å². The Kier molecular flexibility index (Phi) is 23.6. The predicted octanol–water partition coefficient (Wildman–Crippen LogP) is 21.7. The summed E-state index contributed by atoms with van der Waals surface area (Å²) in [5.41, 5.74) is 16.4. The monoisotopic (exact) mass is 1490 g/mol. The van der Waals surface area contributed by atoms with Crippen LogP contribution in [0.1, 0.15) is 289 Å². The molecule has 3 aliphatic rings. The molecular weight excluding hydrogens is 1360 g/mol. The van der Waals surface area contributed by atoms with Crippen molar-refractivity contribution in [2.24, 2.45) is 0 Å². The van der Waals surface area contributed by atoms with Crippen molar-refractivity contribution in [1.82, 2.24) is 0 Å². The third kappa shape index (κ3) is 19.4. The first-order valence-corrected chi connectivity index (χ1v) is 49.4. The number of phenolic OH excluding ortho intramolecular Hbond substituents is 1. The van der Waals surface area contributed by atoms with E-state index in [-0.39, 0.29) is 60.1 Å². The maximum Gasteiger partial charge on any atom is 0.467 e. The molecule has 2 heterocycles. The molecule has 1 saturated heterocycles. The highest BCUT2D eigenvalue weighted by atomic mass is 28.4. The summed E-state index contributed by atoms with van der Waals surface area (Å²) in [6.45, 7) is 84.0. The van der Waals surface area contributed by atoms with Crippen LogP contribution in [0.5, 0.6) is 28.7 Å². The molecule has 0 amide bonds. The van der Waals surface area contributed by atoms with E-state index in [1.807, 2.05) is 12.1 Å². The predicted molar refractivity (Wildman–Crippen MR) is 458 cm³/mol. The van der Waals surface area contributed by atoms with Gasteiger partial charge in [0.1, 0.15) is 35.4 Å². The highest BCUT2D eigenvalue weighted by molar-refractivity contribution is 6.87. The van der Waals surface area contributed by atoms with Crippen LogP contribution in [0.25, 0.3) is 0 Å². The molecule has 0 aromatic heterocycles. The number of benzene rings is 6. The highest BCUT2D eigenvalue weighted by Gasteiger charge is 2.50. The zero-order valence-electron chi connectivity index (χ0n) is 73.3. The van der Waals surface area contributed by atoms with Crippen LogP contribution in [-0.4, -0.2) is 71.1 Å². The van der Waals surface area contributed by atoms with Crippen LogP contribution in [0.3, 0.4) is 0 Å². The summed E-state index contributed by atoms with van der Waals surface area (Å²) in [5, 5.41) is 11.5. The van der Waals surface area contributed by atoms with Crippen molar-refractivity contribution >= 4 is 68.7 Å². The molecule has 1 aliphatic carbocycles. The largest absolute Gasteiger partial charge is 0.544 e. The van der Waals surface area contributed by atoms with E-state index in [1.165, 1.54) is 35.8 Å². The lowest BCUT2D eigenvalue weighted by Gasteiger charge is -2.43. The Bertz CT molecular complexity index is 3860. The standard InChI is InChI=1S/C51H87B3O6Si3.C39H50O4/c1-46(2,3)37-28-34(29-38(47(4,5)6)43(37)55-61(19,20)21)52-58-53(35-30-39(48(7,8)9)44(56-62(22,23)24)40(31-35)49(10,11)12)60-54(59-52)36-32-41(50(13,14)15)45(57-63(25,26)27)42(33-36)51(16,17)18;1-35(2,3)30-18-24(19-31(33(30)40)36(4,5)6)22-39(23-43-32-20-25(34(41)42-11)12-14-28(32)39)26-13-15-27-29(21-26)38(9,10)17-16-37(27,7)8/h28-33H,1-27H3;12-15,18-21,40H,16-17,22-23H2,1-11H3. The molecule has 6 aromatic carbocycles. The maximum atomic E-state index is 12.4. The second kappa shape index (κ2) is 29.0. The Morgan fingerprint density at radius 1 is 0.415 bits per heavy atom. The Morgan fingerprint density at radius 2 is 0.717 bits per heavy atom. The molecule has 1 atom stereocenters. The van der Waals surface area contributed by atoms with E-state index in [9.17, 15) is 9.90 Å². The molecule has 578 valence electrons. The normalized spacial score (nSPS) is 17.6. The van der Waals surface area contributed by atoms with Gasteiger partial charge in [0, 0.05) is 5.56 Å². The second-order valence-corrected chi connectivity index (χ2v) is 57.0. The molecule has 0 radical (unpaired) electrons. The molecule has 1 fully saturated rings. The summed E-state index contributed by atoms with van der Waals surface area (Å²) >= 11 is 0. The number of aromatic hydroxyl groups is 1. The number of hydrogen-bond acceptors (Lipinski definition) is 10. The number of carbonyl (C=O) groups excluding carboxylic acids is 1. The molecule has 0 saturated carbocycles. The van der Waals surface area contributed by atoms with Crippen LogP contribution in [0.4, 0.5) is 0 Å². The van der Waals surface area contributed by atoms with Gasteiger partial charge in [-0.15, -0.1) is 0 Å². The van der Waals surface area contributed by atoms with Crippen molar-refractivity contribution in [3.8, 4) is 28.7 Å². The summed E-state index contributed by atoms with van der Waals surface area (Å²) in [7, 11) is -6.91. The molecule has 1 N–H and O–H groups in total. The lowest BCUT2D eigenvalue weighted by Crippen LogP contribution is -2.62. The molecule has 9 rings (SSSR count). The minimum Gasteiger partial charge on any atom is -0.544 e. The lowest BCUT2D eigenvalue weighted by atomic mass is 9.59. The molecule has 16 heteroatoms. The number of rotatable bonds is 13. The minimum absolute atomic E-state index is 0.0659. The van der Waals surface area contributed by atoms with E-state index in [2.05, 4.69) is 326 Å². The number of hydrogen-bond donors (Lipinski definition) is 1. The summed E-state index contributed by atoms with van der Waals surface area (Å²) in [4.78, 5) is 12.4. The van der Waals surface area contributed by atoms with E-state index in [0.717, 1.165) is 95.9 Å². The minimum atomic E-state index is -2.01. The topological polar surface area (TPSA) is 111 Å². The Hall–Kier alpha value is -5.48. The zero-order valence-corrected chi connectivity index (χ0v) is 76.3. The van der Waals surface area contributed by atoms with Crippen molar-refractivity contribution in [3.63, 3.8) is 0 Å². The fourth-order valence-electron chi connectivity index (χ4n) is 15.1. The van der Waals surface area contributed by atoms with Crippen LogP contribution in [0, 0.1) is 0 Å². The summed E-state index contributed by atoms with van der Waals surface area (Å²) in [5.74, 6) is 3.72. The first-order valence-electron chi connectivity index (χ1n) is 39.2. The van der Waals surface area contributed by atoms with Crippen molar-refractivity contribution in [2.45, 2.75) is 332 Å². The fourth-order valence-corrected chi connectivity index (χ4v) is 17.6. The molecule has 2 aliphatic heterocycles. The third-order valence-corrected chi connectivity index (χ3v) is 23.5. The fraction of sp³-hybridized carbons (Fsp3) is 0.589. The van der Waals surface area contributed by atoms with Gasteiger partial charge in [-0.25, -0.2) is 4.79 Å². The number of methoxy groups -OCH3 is 1. The van der Waals surface area contributed by atoms with Crippen molar-refractivity contribution < 1.29 is 46.4 Å². The number of carbonyl (C=O) groups is 1. The number of fused-ring (bicyclic) bond motifs is 2. The molecule has 6 aromatic rings. The SMILES string of the molecule is CC(C)(C)c1cc(B2OB(c3cc(C(C)(C)C)c(O[Si](C)(C)C)c(C(C)(C)C)c3)OB(c3cc(C(C)(C)C)c(O[Si](C)(C)C)c(C(C)(C)C)c3)O2)cc(C(C)(C)C)c1O[Si](C)(C)C.COC(=O)c1ccc2c(c1)OCC2(Cc1cc(C(C)(C)C)c(O)c(C(C)(C)C)c1)c1ccc2c(c1)C(C)(C)CCC2(C)C. The van der Waals surface area contributed by atoms with Crippen LogP contribution < -0.4 is 34.4 Å². The first-order chi connectivity index (χ1) is 47.7. The third-order valence-electron chi connectivity index (χ3n) is 21.1. The van der Waals surface area contributed by atoms with E-state index in [1.54, 1.807) is 0 Å².